The predicted octanol–water partition coefficient (Wildman–Crippen LogP) is 3.35. The molecule has 3 atom stereocenters. The first-order chi connectivity index (χ1) is 8.13. The van der Waals surface area contributed by atoms with E-state index in [2.05, 4.69) is 50.5 Å². The van der Waals surface area contributed by atoms with E-state index in [0.29, 0.717) is 12.1 Å². The fourth-order valence-corrected chi connectivity index (χ4v) is 1.95. The van der Waals surface area contributed by atoms with E-state index in [1.807, 2.05) is 7.05 Å². The Hall–Kier alpha value is -0.340. The Balaban J connectivity index is 3.96. The van der Waals surface area contributed by atoms with E-state index in [0.717, 1.165) is 12.5 Å². The van der Waals surface area contributed by atoms with Crippen molar-refractivity contribution in [3.8, 4) is 0 Å². The zero-order valence-electron chi connectivity index (χ0n) is 12.4. The van der Waals surface area contributed by atoms with Gasteiger partial charge in [0.15, 0.2) is 0 Å². The van der Waals surface area contributed by atoms with Gasteiger partial charge < -0.3 is 10.6 Å². The van der Waals surface area contributed by atoms with Gasteiger partial charge in [-0.3, -0.25) is 0 Å². The van der Waals surface area contributed by atoms with Crippen molar-refractivity contribution in [3.05, 3.63) is 12.2 Å². The molecule has 0 aliphatic rings. The van der Waals surface area contributed by atoms with Crippen LogP contribution in [0.3, 0.4) is 0 Å². The number of hydrogen-bond acceptors (Lipinski definition) is 2. The molecule has 0 bridgehead atoms. The molecule has 0 amide bonds. The van der Waals surface area contributed by atoms with Crippen molar-refractivity contribution >= 4 is 0 Å². The van der Waals surface area contributed by atoms with E-state index in [4.69, 9.17) is 0 Å². The third kappa shape index (κ3) is 9.37. The zero-order chi connectivity index (χ0) is 13.1. The van der Waals surface area contributed by atoms with E-state index in [1.165, 1.54) is 25.7 Å². The quantitative estimate of drug-likeness (QED) is 0.572. The lowest BCUT2D eigenvalue weighted by atomic mass is 9.98. The maximum atomic E-state index is 3.71. The van der Waals surface area contributed by atoms with E-state index in [1.54, 1.807) is 0 Å². The first-order valence-electron chi connectivity index (χ1n) is 7.17. The second-order valence-electron chi connectivity index (χ2n) is 5.18. The topological polar surface area (TPSA) is 24.1 Å². The molecule has 0 aromatic rings. The summed E-state index contributed by atoms with van der Waals surface area (Å²) < 4.78 is 0. The molecule has 2 N–H and O–H groups in total. The zero-order valence-corrected chi connectivity index (χ0v) is 12.4. The molecule has 3 unspecified atom stereocenters. The lowest BCUT2D eigenvalue weighted by Gasteiger charge is -2.22. The lowest BCUT2D eigenvalue weighted by Crippen LogP contribution is -2.37. The third-order valence-electron chi connectivity index (χ3n) is 3.42. The Morgan fingerprint density at radius 3 is 2.35 bits per heavy atom. The third-order valence-corrected chi connectivity index (χ3v) is 3.42. The Labute approximate surface area is 108 Å². The summed E-state index contributed by atoms with van der Waals surface area (Å²) in [6.45, 7) is 10.1. The number of nitrogens with one attached hydrogen (secondary N) is 2. The van der Waals surface area contributed by atoms with Gasteiger partial charge in [-0.05, 0) is 52.6 Å². The minimum absolute atomic E-state index is 0.542. The maximum absolute atomic E-state index is 3.71. The molecule has 0 rings (SSSR count). The summed E-state index contributed by atoms with van der Waals surface area (Å²) in [6, 6.07) is 1.13. The number of allylic oxidation sites excluding steroid dienone is 1. The first-order valence-corrected chi connectivity index (χ1v) is 7.17. The normalized spacial score (nSPS) is 17.2. The van der Waals surface area contributed by atoms with Crippen LogP contribution in [0.25, 0.3) is 0 Å². The first kappa shape index (κ1) is 16.7. The van der Waals surface area contributed by atoms with Crippen molar-refractivity contribution in [2.75, 3.05) is 13.6 Å². The largest absolute Gasteiger partial charge is 0.320 e. The number of rotatable bonds is 10. The summed E-state index contributed by atoms with van der Waals surface area (Å²) in [5.74, 6) is 0.845. The highest BCUT2D eigenvalue weighted by Crippen LogP contribution is 2.12. The van der Waals surface area contributed by atoms with Crippen molar-refractivity contribution in [2.45, 2.75) is 65.5 Å². The molecule has 0 aromatic carbocycles. The Morgan fingerprint density at radius 2 is 1.82 bits per heavy atom. The van der Waals surface area contributed by atoms with E-state index in [-0.39, 0.29) is 0 Å². The van der Waals surface area contributed by atoms with Gasteiger partial charge in [0.25, 0.3) is 0 Å². The summed E-state index contributed by atoms with van der Waals surface area (Å²) in [4.78, 5) is 0. The van der Waals surface area contributed by atoms with Crippen LogP contribution in [-0.4, -0.2) is 25.7 Å². The van der Waals surface area contributed by atoms with Crippen LogP contribution in [0.15, 0.2) is 12.2 Å². The molecule has 0 saturated carbocycles. The van der Waals surface area contributed by atoms with Crippen LogP contribution < -0.4 is 10.6 Å². The van der Waals surface area contributed by atoms with E-state index in [9.17, 15) is 0 Å². The summed E-state index contributed by atoms with van der Waals surface area (Å²) in [5, 5.41) is 6.91. The van der Waals surface area contributed by atoms with Gasteiger partial charge in [0.2, 0.25) is 0 Å². The van der Waals surface area contributed by atoms with Gasteiger partial charge in [-0.15, -0.1) is 0 Å². The predicted molar refractivity (Wildman–Crippen MR) is 78.4 cm³/mol. The molecule has 17 heavy (non-hydrogen) atoms. The van der Waals surface area contributed by atoms with Gasteiger partial charge in [-0.25, -0.2) is 0 Å². The molecule has 0 heterocycles. The highest BCUT2D eigenvalue weighted by Gasteiger charge is 2.10. The summed E-state index contributed by atoms with van der Waals surface area (Å²) in [6.07, 6.45) is 9.52. The fourth-order valence-electron chi connectivity index (χ4n) is 1.95. The Kier molecular flexibility index (Phi) is 10.6. The molecule has 0 aliphatic heterocycles. The van der Waals surface area contributed by atoms with Crippen molar-refractivity contribution in [1.29, 1.82) is 0 Å². The van der Waals surface area contributed by atoms with Gasteiger partial charge in [-0.1, -0.05) is 32.4 Å². The minimum Gasteiger partial charge on any atom is -0.320 e. The smallest absolute Gasteiger partial charge is 0.0252 e. The molecule has 2 heteroatoms. The average Bonchev–Trinajstić information content (AvgIpc) is 2.33. The second kappa shape index (κ2) is 10.8. The molecule has 2 nitrogen and oxygen atoms in total. The molecular formula is C15H32N2. The summed E-state index contributed by atoms with van der Waals surface area (Å²) in [5.41, 5.74) is 0. The van der Waals surface area contributed by atoms with Gasteiger partial charge >= 0.3 is 0 Å². The van der Waals surface area contributed by atoms with Gasteiger partial charge in [0, 0.05) is 12.1 Å². The number of hydrogen-bond donors (Lipinski definition) is 2. The standard InChI is InChI=1S/C15H32N2/c1-6-8-15(10-9-13(3)7-2)17-14(4)11-12-16-5/h6,8,13-17H,7,9-12H2,1-5H3/b8-6+. The summed E-state index contributed by atoms with van der Waals surface area (Å²) >= 11 is 0. The van der Waals surface area contributed by atoms with Crippen LogP contribution in [-0.2, 0) is 0 Å². The van der Waals surface area contributed by atoms with Gasteiger partial charge in [0.05, 0.1) is 0 Å². The van der Waals surface area contributed by atoms with Crippen molar-refractivity contribution in [1.82, 2.24) is 10.6 Å². The van der Waals surface area contributed by atoms with Gasteiger partial charge in [0.1, 0.15) is 0 Å². The highest BCUT2D eigenvalue weighted by molar-refractivity contribution is 4.92. The van der Waals surface area contributed by atoms with Crippen LogP contribution in [0, 0.1) is 5.92 Å². The molecule has 0 fully saturated rings. The molecule has 0 saturated heterocycles. The van der Waals surface area contributed by atoms with Gasteiger partial charge in [-0.2, -0.15) is 0 Å². The van der Waals surface area contributed by atoms with Crippen LogP contribution in [0.2, 0.25) is 0 Å². The second-order valence-corrected chi connectivity index (χ2v) is 5.18. The molecule has 0 spiro atoms. The van der Waals surface area contributed by atoms with Crippen LogP contribution in [0.5, 0.6) is 0 Å². The SMILES string of the molecule is C/C=C/C(CCC(C)CC)NC(C)CCNC. The Morgan fingerprint density at radius 1 is 1.12 bits per heavy atom. The molecule has 0 radical (unpaired) electrons. The Bertz CT molecular complexity index is 189. The van der Waals surface area contributed by atoms with Crippen LogP contribution in [0.1, 0.15) is 53.4 Å². The molecular weight excluding hydrogens is 208 g/mol. The van der Waals surface area contributed by atoms with E-state index < -0.39 is 0 Å². The highest BCUT2D eigenvalue weighted by atomic mass is 14.9. The lowest BCUT2D eigenvalue weighted by molar-refractivity contribution is 0.406. The fraction of sp³-hybridized carbons (Fsp3) is 0.867. The minimum atomic E-state index is 0.542. The molecule has 0 aliphatic carbocycles. The molecule has 102 valence electrons. The van der Waals surface area contributed by atoms with Crippen molar-refractivity contribution in [2.24, 2.45) is 5.92 Å². The van der Waals surface area contributed by atoms with Crippen LogP contribution in [0.4, 0.5) is 0 Å². The maximum Gasteiger partial charge on any atom is 0.0252 e. The monoisotopic (exact) mass is 240 g/mol. The molecule has 0 aromatic heterocycles. The summed E-state index contributed by atoms with van der Waals surface area (Å²) in [7, 11) is 2.01. The van der Waals surface area contributed by atoms with Crippen molar-refractivity contribution in [3.63, 3.8) is 0 Å². The van der Waals surface area contributed by atoms with Crippen LogP contribution >= 0.6 is 0 Å². The van der Waals surface area contributed by atoms with Crippen molar-refractivity contribution < 1.29 is 0 Å². The average molecular weight is 240 g/mol. The van der Waals surface area contributed by atoms with E-state index >= 15 is 0 Å².